The zero-order valence-electron chi connectivity index (χ0n) is 31.5. The van der Waals surface area contributed by atoms with Crippen molar-refractivity contribution in [2.45, 2.75) is 97.0 Å². The Hall–Kier alpha value is -2.98. The standard InChI is InChI=1S/C42H60N2O6/c1-29(2)35(24-33-20-21-38(47-8)40(25-33)48-23-15-22-46-7)26-37(44(45)28-32-16-11-9-12-17-32)39-27-36(30(3)4)42(49-39)43(6)31(5)41(50-42)34-18-13-10-14-19-34/h9-14,16-21,25,29-31,35-37,39,41,45H,15,22-24,26-28H2,1-8H3/t31-,35-,36-,37?,39-,41+,42-/m0/s1. The van der Waals surface area contributed by atoms with Crippen LogP contribution in [0.15, 0.2) is 78.9 Å². The Labute approximate surface area is 300 Å². The highest BCUT2D eigenvalue weighted by atomic mass is 16.7. The average molecular weight is 689 g/mol. The van der Waals surface area contributed by atoms with Gasteiger partial charge in [0.25, 0.3) is 0 Å². The normalized spacial score (nSPS) is 25.2. The minimum Gasteiger partial charge on any atom is -0.493 e. The number of hydrogen-bond donors (Lipinski definition) is 1. The molecule has 2 aliphatic heterocycles. The molecule has 274 valence electrons. The van der Waals surface area contributed by atoms with Gasteiger partial charge < -0.3 is 28.9 Å². The third kappa shape index (κ3) is 8.72. The van der Waals surface area contributed by atoms with Gasteiger partial charge in [0.1, 0.15) is 6.10 Å². The molecule has 3 aromatic carbocycles. The molecule has 0 radical (unpaired) electrons. The Morgan fingerprint density at radius 3 is 2.24 bits per heavy atom. The van der Waals surface area contributed by atoms with E-state index in [0.29, 0.717) is 31.6 Å². The SMILES string of the molecule is COCCCOc1cc(C[C@@H](CC([C@@H]2C[C@@H](C(C)C)[C@]3(O2)O[C@@H](c2ccccc2)[C@H](C)N3C)N(O)Cc2ccccc2)C(C)C)ccc1OC. The van der Waals surface area contributed by atoms with Crippen LogP contribution in [0.5, 0.6) is 11.5 Å². The fraction of sp³-hybridized carbons (Fsp3) is 0.571. The molecule has 50 heavy (non-hydrogen) atoms. The lowest BCUT2D eigenvalue weighted by molar-refractivity contribution is -0.306. The molecule has 2 fully saturated rings. The lowest BCUT2D eigenvalue weighted by Crippen LogP contribution is -2.52. The molecule has 1 N–H and O–H groups in total. The number of hydroxylamine groups is 2. The third-order valence-corrected chi connectivity index (χ3v) is 11.0. The monoisotopic (exact) mass is 688 g/mol. The van der Waals surface area contributed by atoms with E-state index >= 15 is 0 Å². The number of methoxy groups -OCH3 is 2. The van der Waals surface area contributed by atoms with Crippen LogP contribution in [-0.2, 0) is 27.2 Å². The van der Waals surface area contributed by atoms with Crippen LogP contribution in [0.3, 0.4) is 0 Å². The van der Waals surface area contributed by atoms with Gasteiger partial charge in [-0.3, -0.25) is 0 Å². The molecule has 0 amide bonds. The van der Waals surface area contributed by atoms with Gasteiger partial charge in [-0.15, -0.1) is 0 Å². The van der Waals surface area contributed by atoms with E-state index in [2.05, 4.69) is 95.1 Å². The van der Waals surface area contributed by atoms with Gasteiger partial charge in [0.2, 0.25) is 5.91 Å². The second kappa shape index (κ2) is 17.5. The van der Waals surface area contributed by atoms with E-state index in [4.69, 9.17) is 23.7 Å². The first-order valence-corrected chi connectivity index (χ1v) is 18.5. The van der Waals surface area contributed by atoms with E-state index in [9.17, 15) is 5.21 Å². The summed E-state index contributed by atoms with van der Waals surface area (Å²) in [5.41, 5.74) is 3.40. The largest absolute Gasteiger partial charge is 0.493 e. The smallest absolute Gasteiger partial charge is 0.234 e. The van der Waals surface area contributed by atoms with E-state index < -0.39 is 5.91 Å². The summed E-state index contributed by atoms with van der Waals surface area (Å²) in [6.45, 7) is 12.9. The molecule has 1 unspecified atom stereocenters. The van der Waals surface area contributed by atoms with Crippen molar-refractivity contribution in [2.24, 2.45) is 23.7 Å². The number of likely N-dealkylation sites (N-methyl/N-ethyl adjacent to an activating group) is 1. The zero-order valence-corrected chi connectivity index (χ0v) is 31.5. The summed E-state index contributed by atoms with van der Waals surface area (Å²) in [5.74, 6) is 1.64. The van der Waals surface area contributed by atoms with Crippen LogP contribution < -0.4 is 9.47 Å². The lowest BCUT2D eigenvalue weighted by atomic mass is 9.81. The van der Waals surface area contributed by atoms with Crippen molar-refractivity contribution in [2.75, 3.05) is 34.5 Å². The molecule has 8 heteroatoms. The Bertz CT molecular complexity index is 1460. The van der Waals surface area contributed by atoms with E-state index in [0.717, 1.165) is 48.3 Å². The maximum Gasteiger partial charge on any atom is 0.234 e. The zero-order chi connectivity index (χ0) is 35.8. The minimum atomic E-state index is -0.886. The fourth-order valence-electron chi connectivity index (χ4n) is 7.88. The molecule has 8 nitrogen and oxygen atoms in total. The quantitative estimate of drug-likeness (QED) is 0.112. The summed E-state index contributed by atoms with van der Waals surface area (Å²) >= 11 is 0. The molecule has 3 aromatic rings. The maximum absolute atomic E-state index is 12.0. The van der Waals surface area contributed by atoms with Gasteiger partial charge in [-0.1, -0.05) is 94.4 Å². The molecule has 1 spiro atoms. The molecule has 0 aliphatic carbocycles. The van der Waals surface area contributed by atoms with E-state index in [1.54, 1.807) is 14.2 Å². The third-order valence-electron chi connectivity index (χ3n) is 11.0. The molecule has 0 bridgehead atoms. The highest BCUT2D eigenvalue weighted by Crippen LogP contribution is 2.53. The molecule has 5 rings (SSSR count). The maximum atomic E-state index is 12.0. The lowest BCUT2D eigenvalue weighted by Gasteiger charge is -2.39. The van der Waals surface area contributed by atoms with Crippen molar-refractivity contribution in [1.29, 1.82) is 0 Å². The highest BCUT2D eigenvalue weighted by Gasteiger charge is 2.62. The van der Waals surface area contributed by atoms with Gasteiger partial charge in [-0.05, 0) is 79.8 Å². The van der Waals surface area contributed by atoms with Crippen molar-refractivity contribution >= 4 is 0 Å². The van der Waals surface area contributed by atoms with Crippen LogP contribution >= 0.6 is 0 Å². The minimum absolute atomic E-state index is 0.112. The number of rotatable bonds is 17. The van der Waals surface area contributed by atoms with Crippen LogP contribution in [-0.4, -0.2) is 73.8 Å². The summed E-state index contributed by atoms with van der Waals surface area (Å²) in [6.07, 6.45) is 2.83. The number of ether oxygens (including phenoxy) is 5. The van der Waals surface area contributed by atoms with Crippen molar-refractivity contribution < 1.29 is 28.9 Å². The van der Waals surface area contributed by atoms with Crippen LogP contribution in [0.1, 0.15) is 76.7 Å². The van der Waals surface area contributed by atoms with Crippen molar-refractivity contribution in [1.82, 2.24) is 9.96 Å². The molecule has 2 aliphatic rings. The predicted octanol–water partition coefficient (Wildman–Crippen LogP) is 8.38. The van der Waals surface area contributed by atoms with Crippen LogP contribution in [0, 0.1) is 23.7 Å². The summed E-state index contributed by atoms with van der Waals surface area (Å²) in [7, 11) is 5.51. The summed E-state index contributed by atoms with van der Waals surface area (Å²) in [6, 6.07) is 26.8. The second-order valence-electron chi connectivity index (χ2n) is 14.9. The molecule has 0 aromatic heterocycles. The van der Waals surface area contributed by atoms with Crippen LogP contribution in [0.2, 0.25) is 0 Å². The average Bonchev–Trinajstić information content (AvgIpc) is 3.62. The Morgan fingerprint density at radius 2 is 1.60 bits per heavy atom. The Balaban J connectivity index is 1.43. The first kappa shape index (κ1) is 38.3. The molecule has 2 saturated heterocycles. The van der Waals surface area contributed by atoms with Gasteiger partial charge in [-0.25, -0.2) is 4.90 Å². The first-order valence-electron chi connectivity index (χ1n) is 18.5. The first-order chi connectivity index (χ1) is 24.1. The van der Waals surface area contributed by atoms with Gasteiger partial charge in [0, 0.05) is 38.6 Å². The van der Waals surface area contributed by atoms with Crippen molar-refractivity contribution in [3.63, 3.8) is 0 Å². The Morgan fingerprint density at radius 1 is 0.900 bits per heavy atom. The van der Waals surface area contributed by atoms with E-state index in [-0.39, 0.29) is 36.1 Å². The van der Waals surface area contributed by atoms with Crippen molar-refractivity contribution in [3.05, 3.63) is 95.6 Å². The molecular formula is C42H60N2O6. The molecule has 2 heterocycles. The van der Waals surface area contributed by atoms with Crippen LogP contribution in [0.4, 0.5) is 0 Å². The summed E-state index contributed by atoms with van der Waals surface area (Å²) in [4.78, 5) is 2.30. The highest BCUT2D eigenvalue weighted by molar-refractivity contribution is 5.43. The summed E-state index contributed by atoms with van der Waals surface area (Å²) < 4.78 is 31.3. The van der Waals surface area contributed by atoms with Gasteiger partial charge in [-0.2, -0.15) is 5.06 Å². The second-order valence-corrected chi connectivity index (χ2v) is 14.9. The molecule has 7 atom stereocenters. The number of hydrogen-bond acceptors (Lipinski definition) is 8. The van der Waals surface area contributed by atoms with Crippen molar-refractivity contribution in [3.8, 4) is 11.5 Å². The topological polar surface area (TPSA) is 72.9 Å². The summed E-state index contributed by atoms with van der Waals surface area (Å²) in [5, 5.41) is 13.6. The van der Waals surface area contributed by atoms with Crippen LogP contribution in [0.25, 0.3) is 0 Å². The predicted molar refractivity (Wildman–Crippen MR) is 197 cm³/mol. The van der Waals surface area contributed by atoms with E-state index in [1.807, 2.05) is 30.3 Å². The van der Waals surface area contributed by atoms with Gasteiger partial charge in [0.05, 0.1) is 25.9 Å². The Kier molecular flexibility index (Phi) is 13.4. The molecular weight excluding hydrogens is 628 g/mol. The van der Waals surface area contributed by atoms with Gasteiger partial charge in [0.15, 0.2) is 11.5 Å². The number of benzene rings is 3. The molecule has 0 saturated carbocycles. The van der Waals surface area contributed by atoms with E-state index in [1.165, 1.54) is 10.6 Å². The fourth-order valence-corrected chi connectivity index (χ4v) is 7.88. The van der Waals surface area contributed by atoms with Gasteiger partial charge >= 0.3 is 0 Å². The number of nitrogens with zero attached hydrogens (tertiary/aromatic N) is 2.